The maximum absolute atomic E-state index is 6.20. The molecule has 2 aliphatic rings. The lowest BCUT2D eigenvalue weighted by Crippen LogP contribution is -2.43. The summed E-state index contributed by atoms with van der Waals surface area (Å²) in [7, 11) is 0. The van der Waals surface area contributed by atoms with Crippen molar-refractivity contribution in [3.05, 3.63) is 0 Å². The molecule has 2 fully saturated rings. The van der Waals surface area contributed by atoms with Gasteiger partial charge in [0.15, 0.2) is 0 Å². The Morgan fingerprint density at radius 2 is 2.00 bits per heavy atom. The molecule has 1 saturated heterocycles. The third kappa shape index (κ3) is 4.75. The molecule has 0 bridgehead atoms. The molecule has 0 aromatic rings. The minimum Gasteiger partial charge on any atom is -0.378 e. The van der Waals surface area contributed by atoms with Gasteiger partial charge in [-0.25, -0.2) is 0 Å². The SMILES string of the molecule is CC(C)CNCC1CCCOC1C1CCCC(C)C1. The summed E-state index contributed by atoms with van der Waals surface area (Å²) in [5.41, 5.74) is 0. The minimum absolute atomic E-state index is 0.538. The predicted molar refractivity (Wildman–Crippen MR) is 81.3 cm³/mol. The summed E-state index contributed by atoms with van der Waals surface area (Å²) in [6.07, 6.45) is 8.79. The van der Waals surface area contributed by atoms with Crippen LogP contribution in [0.3, 0.4) is 0 Å². The minimum atomic E-state index is 0.538. The van der Waals surface area contributed by atoms with Gasteiger partial charge in [0, 0.05) is 13.2 Å². The van der Waals surface area contributed by atoms with Gasteiger partial charge in [-0.2, -0.15) is 0 Å². The quantitative estimate of drug-likeness (QED) is 0.817. The van der Waals surface area contributed by atoms with Crippen molar-refractivity contribution in [2.24, 2.45) is 23.7 Å². The summed E-state index contributed by atoms with van der Waals surface area (Å²) in [4.78, 5) is 0. The van der Waals surface area contributed by atoms with E-state index in [-0.39, 0.29) is 0 Å². The highest BCUT2D eigenvalue weighted by molar-refractivity contribution is 4.85. The zero-order valence-electron chi connectivity index (χ0n) is 13.2. The molecule has 2 heteroatoms. The molecule has 0 aromatic carbocycles. The lowest BCUT2D eigenvalue weighted by atomic mass is 9.74. The number of rotatable bonds is 5. The van der Waals surface area contributed by atoms with E-state index < -0.39 is 0 Å². The van der Waals surface area contributed by atoms with Gasteiger partial charge in [-0.1, -0.05) is 33.6 Å². The number of nitrogens with one attached hydrogen (secondary N) is 1. The summed E-state index contributed by atoms with van der Waals surface area (Å²) in [5.74, 6) is 3.24. The summed E-state index contributed by atoms with van der Waals surface area (Å²) in [5, 5.41) is 3.65. The van der Waals surface area contributed by atoms with Gasteiger partial charge in [0.25, 0.3) is 0 Å². The van der Waals surface area contributed by atoms with Gasteiger partial charge in [0.05, 0.1) is 6.10 Å². The van der Waals surface area contributed by atoms with E-state index >= 15 is 0 Å². The van der Waals surface area contributed by atoms with Crippen LogP contribution in [0, 0.1) is 23.7 Å². The standard InChI is InChI=1S/C17H33NO/c1-13(2)11-18-12-16-8-5-9-19-17(16)15-7-4-6-14(3)10-15/h13-18H,4-12H2,1-3H3. The molecule has 19 heavy (non-hydrogen) atoms. The maximum atomic E-state index is 6.20. The van der Waals surface area contributed by atoms with Crippen molar-refractivity contribution in [1.29, 1.82) is 0 Å². The zero-order chi connectivity index (χ0) is 13.7. The Morgan fingerprint density at radius 1 is 1.16 bits per heavy atom. The van der Waals surface area contributed by atoms with Crippen molar-refractivity contribution in [3.63, 3.8) is 0 Å². The van der Waals surface area contributed by atoms with Crippen molar-refractivity contribution >= 4 is 0 Å². The number of ether oxygens (including phenoxy) is 1. The second-order valence-electron chi connectivity index (χ2n) is 7.32. The smallest absolute Gasteiger partial charge is 0.0643 e. The first kappa shape index (κ1) is 15.3. The molecule has 4 unspecified atom stereocenters. The largest absolute Gasteiger partial charge is 0.378 e. The Kier molecular flexibility index (Phi) is 6.15. The first-order valence-electron chi connectivity index (χ1n) is 8.49. The van der Waals surface area contributed by atoms with Gasteiger partial charge in [-0.05, 0) is 55.9 Å². The maximum Gasteiger partial charge on any atom is 0.0643 e. The summed E-state index contributed by atoms with van der Waals surface area (Å²) >= 11 is 0. The van der Waals surface area contributed by atoms with Gasteiger partial charge in [-0.3, -0.25) is 0 Å². The Hall–Kier alpha value is -0.0800. The fraction of sp³-hybridized carbons (Fsp3) is 1.00. The third-order valence-electron chi connectivity index (χ3n) is 4.89. The molecule has 1 saturated carbocycles. The van der Waals surface area contributed by atoms with E-state index in [1.54, 1.807) is 0 Å². The van der Waals surface area contributed by atoms with E-state index in [1.165, 1.54) is 38.5 Å². The molecular weight excluding hydrogens is 234 g/mol. The second kappa shape index (κ2) is 7.64. The van der Waals surface area contributed by atoms with Gasteiger partial charge < -0.3 is 10.1 Å². The predicted octanol–water partition coefficient (Wildman–Crippen LogP) is 3.85. The average molecular weight is 267 g/mol. The van der Waals surface area contributed by atoms with Crippen molar-refractivity contribution in [1.82, 2.24) is 5.32 Å². The van der Waals surface area contributed by atoms with Gasteiger partial charge in [0.1, 0.15) is 0 Å². The van der Waals surface area contributed by atoms with Gasteiger partial charge in [-0.15, -0.1) is 0 Å². The molecule has 2 rings (SSSR count). The molecule has 112 valence electrons. The van der Waals surface area contributed by atoms with Crippen molar-refractivity contribution in [2.75, 3.05) is 19.7 Å². The third-order valence-corrected chi connectivity index (χ3v) is 4.89. The topological polar surface area (TPSA) is 21.3 Å². The Morgan fingerprint density at radius 3 is 2.74 bits per heavy atom. The highest BCUT2D eigenvalue weighted by Crippen LogP contribution is 2.37. The molecule has 2 nitrogen and oxygen atoms in total. The molecule has 1 aliphatic heterocycles. The normalized spacial score (nSPS) is 36.6. The summed E-state index contributed by atoms with van der Waals surface area (Å²) < 4.78 is 6.20. The van der Waals surface area contributed by atoms with Crippen molar-refractivity contribution < 1.29 is 4.74 Å². The molecule has 4 atom stereocenters. The van der Waals surface area contributed by atoms with E-state index in [0.29, 0.717) is 6.10 Å². The van der Waals surface area contributed by atoms with Crippen LogP contribution in [0.5, 0.6) is 0 Å². The van der Waals surface area contributed by atoms with Crippen LogP contribution in [0.4, 0.5) is 0 Å². The van der Waals surface area contributed by atoms with Crippen LogP contribution in [0.1, 0.15) is 59.3 Å². The molecule has 0 amide bonds. The van der Waals surface area contributed by atoms with Crippen molar-refractivity contribution in [3.8, 4) is 0 Å². The molecular formula is C17H33NO. The van der Waals surface area contributed by atoms with Crippen LogP contribution in [0.15, 0.2) is 0 Å². The van der Waals surface area contributed by atoms with Gasteiger partial charge >= 0.3 is 0 Å². The Labute approximate surface area is 119 Å². The van der Waals surface area contributed by atoms with Gasteiger partial charge in [0.2, 0.25) is 0 Å². The number of hydrogen-bond acceptors (Lipinski definition) is 2. The fourth-order valence-corrected chi connectivity index (χ4v) is 3.94. The second-order valence-corrected chi connectivity index (χ2v) is 7.32. The van der Waals surface area contributed by atoms with Crippen LogP contribution < -0.4 is 5.32 Å². The summed E-state index contributed by atoms with van der Waals surface area (Å²) in [6, 6.07) is 0. The van der Waals surface area contributed by atoms with E-state index in [0.717, 1.165) is 43.4 Å². The Balaban J connectivity index is 1.84. The van der Waals surface area contributed by atoms with Crippen LogP contribution >= 0.6 is 0 Å². The summed E-state index contributed by atoms with van der Waals surface area (Å²) in [6.45, 7) is 10.3. The highest BCUT2D eigenvalue weighted by atomic mass is 16.5. The molecule has 1 heterocycles. The number of hydrogen-bond donors (Lipinski definition) is 1. The zero-order valence-corrected chi connectivity index (χ0v) is 13.2. The van der Waals surface area contributed by atoms with E-state index in [1.807, 2.05) is 0 Å². The first-order chi connectivity index (χ1) is 9.16. The molecule has 0 spiro atoms. The lowest BCUT2D eigenvalue weighted by Gasteiger charge is -2.40. The fourth-order valence-electron chi connectivity index (χ4n) is 3.94. The van der Waals surface area contributed by atoms with Crippen LogP contribution in [-0.2, 0) is 4.74 Å². The van der Waals surface area contributed by atoms with Crippen LogP contribution in [-0.4, -0.2) is 25.8 Å². The lowest BCUT2D eigenvalue weighted by molar-refractivity contribution is -0.0720. The van der Waals surface area contributed by atoms with E-state index in [2.05, 4.69) is 26.1 Å². The van der Waals surface area contributed by atoms with Crippen LogP contribution in [0.2, 0.25) is 0 Å². The molecule has 0 aromatic heterocycles. The van der Waals surface area contributed by atoms with Crippen LogP contribution in [0.25, 0.3) is 0 Å². The highest BCUT2D eigenvalue weighted by Gasteiger charge is 2.34. The van der Waals surface area contributed by atoms with E-state index in [4.69, 9.17) is 4.74 Å². The molecule has 1 aliphatic carbocycles. The van der Waals surface area contributed by atoms with E-state index in [9.17, 15) is 0 Å². The molecule has 1 N–H and O–H groups in total. The molecule has 0 radical (unpaired) electrons. The Bertz CT molecular complexity index is 254. The monoisotopic (exact) mass is 267 g/mol. The van der Waals surface area contributed by atoms with Crippen molar-refractivity contribution in [2.45, 2.75) is 65.4 Å². The average Bonchev–Trinajstić information content (AvgIpc) is 2.39. The first-order valence-corrected chi connectivity index (χ1v) is 8.49.